The molecule has 96 valence electrons. The zero-order valence-corrected chi connectivity index (χ0v) is 10.7. The van der Waals surface area contributed by atoms with Crippen LogP contribution in [0.3, 0.4) is 0 Å². The molecule has 0 saturated heterocycles. The van der Waals surface area contributed by atoms with Gasteiger partial charge in [0, 0.05) is 20.3 Å². The highest BCUT2D eigenvalue weighted by Gasteiger charge is 2.20. The molecule has 7 heteroatoms. The number of carboxylic acids is 1. The van der Waals surface area contributed by atoms with Gasteiger partial charge in [-0.25, -0.2) is 9.48 Å². The van der Waals surface area contributed by atoms with Crippen molar-refractivity contribution in [3.05, 3.63) is 23.2 Å². The molecule has 2 heterocycles. The van der Waals surface area contributed by atoms with E-state index in [4.69, 9.17) is 9.84 Å². The number of nitrogens with zero attached hydrogens (tertiary/aromatic N) is 3. The SMILES string of the molecule is COCCCn1nnc(C(=O)O)c1-c1cccs1. The lowest BCUT2D eigenvalue weighted by Gasteiger charge is -2.04. The van der Waals surface area contributed by atoms with Gasteiger partial charge < -0.3 is 9.84 Å². The number of hydrogen-bond acceptors (Lipinski definition) is 5. The number of aromatic carboxylic acids is 1. The van der Waals surface area contributed by atoms with Crippen LogP contribution in [0.5, 0.6) is 0 Å². The van der Waals surface area contributed by atoms with Crippen LogP contribution >= 0.6 is 11.3 Å². The Kier molecular flexibility index (Phi) is 4.06. The molecule has 2 aromatic rings. The molecule has 0 aliphatic carbocycles. The van der Waals surface area contributed by atoms with Gasteiger partial charge in [-0.15, -0.1) is 16.4 Å². The Balaban J connectivity index is 2.32. The lowest BCUT2D eigenvalue weighted by molar-refractivity contribution is 0.0691. The second-order valence-corrected chi connectivity index (χ2v) is 4.59. The zero-order chi connectivity index (χ0) is 13.0. The molecule has 6 nitrogen and oxygen atoms in total. The molecular weight excluding hydrogens is 254 g/mol. The van der Waals surface area contributed by atoms with E-state index in [9.17, 15) is 4.79 Å². The standard InChI is InChI=1S/C11H13N3O3S/c1-17-6-3-5-14-10(8-4-2-7-18-8)9(11(15)16)12-13-14/h2,4,7H,3,5-6H2,1H3,(H,15,16). The summed E-state index contributed by atoms with van der Waals surface area (Å²) in [6.07, 6.45) is 0.761. The molecule has 0 unspecified atom stereocenters. The first-order chi connectivity index (χ1) is 8.74. The smallest absolute Gasteiger partial charge is 0.358 e. The molecule has 1 N–H and O–H groups in total. The molecule has 0 saturated carbocycles. The summed E-state index contributed by atoms with van der Waals surface area (Å²) in [5.74, 6) is -1.06. The van der Waals surface area contributed by atoms with Gasteiger partial charge in [-0.1, -0.05) is 11.3 Å². The van der Waals surface area contributed by atoms with E-state index in [0.717, 1.165) is 11.3 Å². The number of rotatable bonds is 6. The maximum Gasteiger partial charge on any atom is 0.358 e. The highest BCUT2D eigenvalue weighted by Crippen LogP contribution is 2.27. The van der Waals surface area contributed by atoms with Gasteiger partial charge >= 0.3 is 5.97 Å². The van der Waals surface area contributed by atoms with Crippen molar-refractivity contribution in [2.45, 2.75) is 13.0 Å². The Morgan fingerprint density at radius 2 is 2.44 bits per heavy atom. The van der Waals surface area contributed by atoms with Crippen molar-refractivity contribution in [1.82, 2.24) is 15.0 Å². The molecule has 0 spiro atoms. The van der Waals surface area contributed by atoms with E-state index in [1.165, 1.54) is 11.3 Å². The molecule has 0 bridgehead atoms. The molecule has 0 atom stereocenters. The number of methoxy groups -OCH3 is 1. The van der Waals surface area contributed by atoms with Gasteiger partial charge in [-0.05, 0) is 17.9 Å². The normalized spacial score (nSPS) is 10.7. The molecule has 0 fully saturated rings. The van der Waals surface area contributed by atoms with Gasteiger partial charge in [0.25, 0.3) is 0 Å². The minimum Gasteiger partial charge on any atom is -0.476 e. The van der Waals surface area contributed by atoms with Crippen LogP contribution in [0.25, 0.3) is 10.6 Å². The second-order valence-electron chi connectivity index (χ2n) is 3.64. The summed E-state index contributed by atoms with van der Waals surface area (Å²) < 4.78 is 6.59. The summed E-state index contributed by atoms with van der Waals surface area (Å²) in [7, 11) is 1.63. The first-order valence-electron chi connectivity index (χ1n) is 5.43. The van der Waals surface area contributed by atoms with E-state index in [1.54, 1.807) is 11.8 Å². The predicted octanol–water partition coefficient (Wildman–Crippen LogP) is 1.74. The number of thiophene rings is 1. The van der Waals surface area contributed by atoms with Gasteiger partial charge in [0.2, 0.25) is 0 Å². The van der Waals surface area contributed by atoms with Crippen molar-refractivity contribution in [2.75, 3.05) is 13.7 Å². The van der Waals surface area contributed by atoms with Crippen molar-refractivity contribution < 1.29 is 14.6 Å². The van der Waals surface area contributed by atoms with E-state index in [2.05, 4.69) is 10.3 Å². The minimum atomic E-state index is -1.06. The average molecular weight is 267 g/mol. The Morgan fingerprint density at radius 3 is 3.06 bits per heavy atom. The Bertz CT molecular complexity index is 522. The fourth-order valence-corrected chi connectivity index (χ4v) is 2.40. The zero-order valence-electron chi connectivity index (χ0n) is 9.87. The monoisotopic (exact) mass is 267 g/mol. The fraction of sp³-hybridized carbons (Fsp3) is 0.364. The number of carboxylic acid groups (broad SMARTS) is 1. The number of aromatic nitrogens is 3. The Hall–Kier alpha value is -1.73. The average Bonchev–Trinajstić information content (AvgIpc) is 2.96. The molecule has 0 radical (unpaired) electrons. The van der Waals surface area contributed by atoms with Crippen LogP contribution in [-0.4, -0.2) is 39.8 Å². The third kappa shape index (κ3) is 2.57. The van der Waals surface area contributed by atoms with E-state index in [0.29, 0.717) is 18.8 Å². The largest absolute Gasteiger partial charge is 0.476 e. The summed E-state index contributed by atoms with van der Waals surface area (Å²) in [4.78, 5) is 12.0. The van der Waals surface area contributed by atoms with E-state index in [1.807, 2.05) is 17.5 Å². The van der Waals surface area contributed by atoms with Crippen molar-refractivity contribution in [1.29, 1.82) is 0 Å². The van der Waals surface area contributed by atoms with E-state index in [-0.39, 0.29) is 5.69 Å². The Morgan fingerprint density at radius 1 is 1.61 bits per heavy atom. The number of aryl methyl sites for hydroxylation is 1. The molecule has 18 heavy (non-hydrogen) atoms. The van der Waals surface area contributed by atoms with Crippen LogP contribution < -0.4 is 0 Å². The number of hydrogen-bond donors (Lipinski definition) is 1. The van der Waals surface area contributed by atoms with Crippen molar-refractivity contribution in [3.8, 4) is 10.6 Å². The van der Waals surface area contributed by atoms with Crippen LogP contribution in [0, 0.1) is 0 Å². The molecule has 0 aromatic carbocycles. The van der Waals surface area contributed by atoms with Gasteiger partial charge in [0.1, 0.15) is 5.69 Å². The third-order valence-electron chi connectivity index (χ3n) is 2.41. The van der Waals surface area contributed by atoms with Gasteiger partial charge in [0.15, 0.2) is 5.69 Å². The van der Waals surface area contributed by atoms with Crippen LogP contribution in [0.4, 0.5) is 0 Å². The molecule has 2 rings (SSSR count). The van der Waals surface area contributed by atoms with Crippen LogP contribution in [-0.2, 0) is 11.3 Å². The highest BCUT2D eigenvalue weighted by atomic mass is 32.1. The minimum absolute atomic E-state index is 0.00475. The van der Waals surface area contributed by atoms with Crippen LogP contribution in [0.15, 0.2) is 17.5 Å². The molecule has 0 aliphatic heterocycles. The number of ether oxygens (including phenoxy) is 1. The summed E-state index contributed by atoms with van der Waals surface area (Å²) in [6.45, 7) is 1.19. The van der Waals surface area contributed by atoms with Crippen molar-refractivity contribution in [2.24, 2.45) is 0 Å². The van der Waals surface area contributed by atoms with Gasteiger partial charge in [-0.2, -0.15) is 0 Å². The summed E-state index contributed by atoms with van der Waals surface area (Å²) >= 11 is 1.47. The lowest BCUT2D eigenvalue weighted by atomic mass is 10.2. The van der Waals surface area contributed by atoms with Crippen LogP contribution in [0.2, 0.25) is 0 Å². The Labute approximate surface area is 108 Å². The first kappa shape index (κ1) is 12.7. The molecule has 0 aliphatic rings. The van der Waals surface area contributed by atoms with E-state index >= 15 is 0 Å². The molecule has 0 amide bonds. The van der Waals surface area contributed by atoms with Gasteiger partial charge in [-0.3, -0.25) is 0 Å². The highest BCUT2D eigenvalue weighted by molar-refractivity contribution is 7.13. The molecular formula is C11H13N3O3S. The second kappa shape index (κ2) is 5.74. The quantitative estimate of drug-likeness (QED) is 0.807. The first-order valence-corrected chi connectivity index (χ1v) is 6.31. The lowest BCUT2D eigenvalue weighted by Crippen LogP contribution is -2.06. The van der Waals surface area contributed by atoms with Gasteiger partial charge in [0.05, 0.1) is 4.88 Å². The van der Waals surface area contributed by atoms with E-state index < -0.39 is 5.97 Å². The topological polar surface area (TPSA) is 77.2 Å². The maximum absolute atomic E-state index is 11.1. The summed E-state index contributed by atoms with van der Waals surface area (Å²) in [5.41, 5.74) is 0.559. The summed E-state index contributed by atoms with van der Waals surface area (Å²) in [5, 5.41) is 18.6. The van der Waals surface area contributed by atoms with Crippen LogP contribution in [0.1, 0.15) is 16.9 Å². The van der Waals surface area contributed by atoms with Crippen molar-refractivity contribution >= 4 is 17.3 Å². The fourth-order valence-electron chi connectivity index (χ4n) is 1.63. The third-order valence-corrected chi connectivity index (χ3v) is 3.29. The summed E-state index contributed by atoms with van der Waals surface area (Å²) in [6, 6.07) is 3.74. The van der Waals surface area contributed by atoms with Crippen molar-refractivity contribution in [3.63, 3.8) is 0 Å². The molecule has 2 aromatic heterocycles. The predicted molar refractivity (Wildman–Crippen MR) is 66.8 cm³/mol. The number of carbonyl (C=O) groups is 1. The maximum atomic E-state index is 11.1.